The average molecular weight is 367 g/mol. The highest BCUT2D eigenvalue weighted by atomic mass is 16.3. The van der Waals surface area contributed by atoms with Crippen molar-refractivity contribution in [2.45, 2.75) is 57.4 Å². The quantitative estimate of drug-likeness (QED) is 0.812. The van der Waals surface area contributed by atoms with Gasteiger partial charge in [0.1, 0.15) is 0 Å². The second kappa shape index (κ2) is 5.86. The van der Waals surface area contributed by atoms with E-state index < -0.39 is 5.54 Å². The SMILES string of the molecule is CC(C)(CO)NC(=O)c1nn(-c2cnc(CC3CC3)cn2)c2c1C[C@H]1C[C@@H]21. The molecule has 2 atom stereocenters. The van der Waals surface area contributed by atoms with E-state index in [1.807, 2.05) is 10.9 Å². The summed E-state index contributed by atoms with van der Waals surface area (Å²) in [6.45, 7) is 3.47. The van der Waals surface area contributed by atoms with Crippen LogP contribution in [-0.2, 0) is 12.8 Å². The van der Waals surface area contributed by atoms with Crippen LogP contribution in [-0.4, -0.2) is 42.9 Å². The zero-order valence-corrected chi connectivity index (χ0v) is 15.8. The van der Waals surface area contributed by atoms with Gasteiger partial charge in [0.05, 0.1) is 35.9 Å². The molecule has 2 aromatic rings. The Bertz CT molecular complexity index is 898. The van der Waals surface area contributed by atoms with E-state index in [-0.39, 0.29) is 12.5 Å². The molecule has 2 aromatic heterocycles. The van der Waals surface area contributed by atoms with Gasteiger partial charge in [-0.05, 0) is 57.8 Å². The number of nitrogens with zero attached hydrogens (tertiary/aromatic N) is 4. The average Bonchev–Trinajstić information content (AvgIpc) is 3.54. The van der Waals surface area contributed by atoms with Gasteiger partial charge in [0.15, 0.2) is 11.5 Å². The molecule has 0 spiro atoms. The first-order valence-electron chi connectivity index (χ1n) is 9.81. The summed E-state index contributed by atoms with van der Waals surface area (Å²) in [5.74, 6) is 2.33. The monoisotopic (exact) mass is 367 g/mol. The molecule has 142 valence electrons. The Morgan fingerprint density at radius 3 is 2.81 bits per heavy atom. The van der Waals surface area contributed by atoms with Crippen LogP contribution in [0.25, 0.3) is 5.82 Å². The Hall–Kier alpha value is -2.28. The molecule has 0 aromatic carbocycles. The van der Waals surface area contributed by atoms with E-state index in [0.29, 0.717) is 23.3 Å². The van der Waals surface area contributed by atoms with Crippen LogP contribution >= 0.6 is 0 Å². The molecule has 0 unspecified atom stereocenters. The number of carbonyl (C=O) groups excluding carboxylic acids is 1. The summed E-state index contributed by atoms with van der Waals surface area (Å²) in [6.07, 6.45) is 9.27. The number of aliphatic hydroxyl groups is 1. The predicted octanol–water partition coefficient (Wildman–Crippen LogP) is 1.78. The lowest BCUT2D eigenvalue weighted by molar-refractivity contribution is 0.0863. The molecule has 7 heteroatoms. The van der Waals surface area contributed by atoms with Gasteiger partial charge in [-0.25, -0.2) is 9.67 Å². The van der Waals surface area contributed by atoms with E-state index in [9.17, 15) is 9.90 Å². The molecule has 2 heterocycles. The molecule has 3 aliphatic carbocycles. The Labute approximate surface area is 158 Å². The second-order valence-corrected chi connectivity index (χ2v) is 8.94. The largest absolute Gasteiger partial charge is 0.394 e. The number of hydrogen-bond donors (Lipinski definition) is 2. The van der Waals surface area contributed by atoms with Gasteiger partial charge >= 0.3 is 0 Å². The second-order valence-electron chi connectivity index (χ2n) is 8.94. The Morgan fingerprint density at radius 1 is 1.33 bits per heavy atom. The van der Waals surface area contributed by atoms with Gasteiger partial charge in [-0.3, -0.25) is 9.78 Å². The molecule has 0 radical (unpaired) electrons. The third-order valence-electron chi connectivity index (χ3n) is 5.93. The molecule has 3 aliphatic rings. The zero-order valence-electron chi connectivity index (χ0n) is 15.8. The molecule has 2 saturated carbocycles. The topological polar surface area (TPSA) is 92.9 Å². The maximum atomic E-state index is 12.8. The van der Waals surface area contributed by atoms with Crippen LogP contribution in [0.3, 0.4) is 0 Å². The smallest absolute Gasteiger partial charge is 0.272 e. The van der Waals surface area contributed by atoms with Crippen LogP contribution in [0.15, 0.2) is 12.4 Å². The number of aliphatic hydroxyl groups excluding tert-OH is 1. The molecule has 2 fully saturated rings. The van der Waals surface area contributed by atoms with Gasteiger partial charge in [-0.2, -0.15) is 5.10 Å². The fraction of sp³-hybridized carbons (Fsp3) is 0.600. The van der Waals surface area contributed by atoms with Gasteiger partial charge < -0.3 is 10.4 Å². The molecule has 7 nitrogen and oxygen atoms in total. The van der Waals surface area contributed by atoms with E-state index in [4.69, 9.17) is 0 Å². The van der Waals surface area contributed by atoms with E-state index in [0.717, 1.165) is 42.1 Å². The van der Waals surface area contributed by atoms with Crippen LogP contribution in [0.2, 0.25) is 0 Å². The molecule has 0 saturated heterocycles. The van der Waals surface area contributed by atoms with E-state index >= 15 is 0 Å². The maximum absolute atomic E-state index is 12.8. The summed E-state index contributed by atoms with van der Waals surface area (Å²) in [6, 6.07) is 0. The van der Waals surface area contributed by atoms with Gasteiger partial charge in [0.25, 0.3) is 5.91 Å². The minimum atomic E-state index is -0.681. The summed E-state index contributed by atoms with van der Waals surface area (Å²) < 4.78 is 1.82. The normalized spacial score (nSPS) is 23.1. The lowest BCUT2D eigenvalue weighted by Gasteiger charge is -2.23. The van der Waals surface area contributed by atoms with Crippen molar-refractivity contribution < 1.29 is 9.90 Å². The summed E-state index contributed by atoms with van der Waals surface area (Å²) >= 11 is 0. The van der Waals surface area contributed by atoms with Gasteiger partial charge in [-0.1, -0.05) is 0 Å². The minimum absolute atomic E-state index is 0.124. The molecular weight excluding hydrogens is 342 g/mol. The molecule has 0 bridgehead atoms. The lowest BCUT2D eigenvalue weighted by Crippen LogP contribution is -2.46. The number of fused-ring (bicyclic) bond motifs is 3. The van der Waals surface area contributed by atoms with E-state index in [1.165, 1.54) is 12.8 Å². The van der Waals surface area contributed by atoms with Crippen LogP contribution in [0.1, 0.15) is 66.5 Å². The number of carbonyl (C=O) groups is 1. The lowest BCUT2D eigenvalue weighted by atomic mass is 10.1. The van der Waals surface area contributed by atoms with E-state index in [2.05, 4.69) is 20.4 Å². The highest BCUT2D eigenvalue weighted by Crippen LogP contribution is 2.57. The third-order valence-corrected chi connectivity index (χ3v) is 5.93. The highest BCUT2D eigenvalue weighted by Gasteiger charge is 2.50. The molecule has 0 aliphatic heterocycles. The van der Waals surface area contributed by atoms with Gasteiger partial charge in [-0.15, -0.1) is 0 Å². The number of rotatable bonds is 6. The van der Waals surface area contributed by atoms with Crippen molar-refractivity contribution in [3.05, 3.63) is 35.0 Å². The van der Waals surface area contributed by atoms with Crippen molar-refractivity contribution in [2.75, 3.05) is 6.61 Å². The predicted molar refractivity (Wildman–Crippen MR) is 98.8 cm³/mol. The molecule has 2 N–H and O–H groups in total. The number of amides is 1. The van der Waals surface area contributed by atoms with Crippen molar-refractivity contribution in [3.8, 4) is 5.82 Å². The number of hydrogen-bond acceptors (Lipinski definition) is 5. The van der Waals surface area contributed by atoms with Crippen LogP contribution in [0.4, 0.5) is 0 Å². The summed E-state index contributed by atoms with van der Waals surface area (Å²) in [5.41, 5.74) is 2.96. The number of aromatic nitrogens is 4. The number of nitrogens with one attached hydrogen (secondary N) is 1. The molecule has 1 amide bonds. The van der Waals surface area contributed by atoms with Crippen molar-refractivity contribution in [2.24, 2.45) is 11.8 Å². The standard InChI is InChI=1S/C20H25N5O2/c1-20(2,10-26)23-19(27)17-15-7-12-6-14(12)18(15)25(24-17)16-9-21-13(8-22-16)5-11-3-4-11/h8-9,11-12,14,26H,3-7,10H2,1-2H3,(H,23,27)/t12-,14-/m1/s1. The Kier molecular flexibility index (Phi) is 3.66. The maximum Gasteiger partial charge on any atom is 0.272 e. The fourth-order valence-corrected chi connectivity index (χ4v) is 4.06. The van der Waals surface area contributed by atoms with Gasteiger partial charge in [0, 0.05) is 11.5 Å². The fourth-order valence-electron chi connectivity index (χ4n) is 4.06. The van der Waals surface area contributed by atoms with Crippen molar-refractivity contribution in [3.63, 3.8) is 0 Å². The zero-order chi connectivity index (χ0) is 18.8. The third kappa shape index (κ3) is 3.04. The molecule has 5 rings (SSSR count). The summed E-state index contributed by atoms with van der Waals surface area (Å²) in [5, 5.41) is 17.0. The highest BCUT2D eigenvalue weighted by molar-refractivity contribution is 5.95. The van der Waals surface area contributed by atoms with Crippen LogP contribution in [0, 0.1) is 11.8 Å². The summed E-state index contributed by atoms with van der Waals surface area (Å²) in [4.78, 5) is 22.0. The van der Waals surface area contributed by atoms with Gasteiger partial charge in [0.2, 0.25) is 0 Å². The first-order chi connectivity index (χ1) is 12.9. The van der Waals surface area contributed by atoms with Crippen LogP contribution < -0.4 is 5.32 Å². The Balaban J connectivity index is 1.47. The first-order valence-corrected chi connectivity index (χ1v) is 9.81. The van der Waals surface area contributed by atoms with Crippen molar-refractivity contribution in [1.82, 2.24) is 25.1 Å². The summed E-state index contributed by atoms with van der Waals surface area (Å²) in [7, 11) is 0. The molecule has 27 heavy (non-hydrogen) atoms. The Morgan fingerprint density at radius 2 is 2.15 bits per heavy atom. The van der Waals surface area contributed by atoms with Crippen molar-refractivity contribution in [1.29, 1.82) is 0 Å². The first kappa shape index (κ1) is 16.9. The van der Waals surface area contributed by atoms with Crippen molar-refractivity contribution >= 4 is 5.91 Å². The van der Waals surface area contributed by atoms with E-state index in [1.54, 1.807) is 20.0 Å². The van der Waals surface area contributed by atoms with Crippen LogP contribution in [0.5, 0.6) is 0 Å². The minimum Gasteiger partial charge on any atom is -0.394 e. The molecular formula is C20H25N5O2.